The molecule has 0 spiro atoms. The Balaban J connectivity index is 1.54. The summed E-state index contributed by atoms with van der Waals surface area (Å²) in [6, 6.07) is 12.5. The first-order valence-electron chi connectivity index (χ1n) is 11.8. The van der Waals surface area contributed by atoms with E-state index in [-0.39, 0.29) is 22.6 Å². The van der Waals surface area contributed by atoms with Gasteiger partial charge in [-0.3, -0.25) is 14.3 Å². The van der Waals surface area contributed by atoms with Crippen molar-refractivity contribution in [2.45, 2.75) is 49.6 Å². The molecule has 10 heteroatoms. The van der Waals surface area contributed by atoms with Crippen molar-refractivity contribution in [3.05, 3.63) is 82.5 Å². The Bertz CT molecular complexity index is 1400. The fourth-order valence-corrected chi connectivity index (χ4v) is 5.19. The third-order valence-electron chi connectivity index (χ3n) is 6.31. The van der Waals surface area contributed by atoms with E-state index in [4.69, 9.17) is 4.74 Å². The summed E-state index contributed by atoms with van der Waals surface area (Å²) in [6.07, 6.45) is 5.79. The highest BCUT2D eigenvalue weighted by atomic mass is 32.2. The Morgan fingerprint density at radius 1 is 1.19 bits per heavy atom. The lowest BCUT2D eigenvalue weighted by atomic mass is 9.91. The SMILES string of the molecule is CCCc1ncccc1C1CC(Oc2ccn(-c3ccc(S(C)(=O)=O)cc3)c(=O)c2)CCN1C(=O)O. The molecule has 2 aromatic heterocycles. The van der Waals surface area contributed by atoms with Gasteiger partial charge in [-0.25, -0.2) is 13.2 Å². The molecule has 2 atom stereocenters. The fraction of sp³-hybridized carbons (Fsp3) is 0.346. The maximum atomic E-state index is 12.8. The molecule has 1 saturated heterocycles. The smallest absolute Gasteiger partial charge is 0.407 e. The second kappa shape index (κ2) is 10.5. The number of carboxylic acid groups (broad SMARTS) is 1. The second-order valence-electron chi connectivity index (χ2n) is 8.88. The summed E-state index contributed by atoms with van der Waals surface area (Å²) in [5.74, 6) is 0.400. The molecule has 1 fully saturated rings. The minimum Gasteiger partial charge on any atom is -0.490 e. The van der Waals surface area contributed by atoms with Crippen LogP contribution in [0.5, 0.6) is 5.75 Å². The molecule has 0 bridgehead atoms. The summed E-state index contributed by atoms with van der Waals surface area (Å²) >= 11 is 0. The standard InChI is InChI=1S/C26H29N3O6S/c1-3-5-23-22(6-4-13-27-23)24-16-19(12-15-29(24)26(31)32)35-20-11-14-28(25(30)17-20)18-7-9-21(10-8-18)36(2,33)34/h4,6-11,13-14,17,19,24H,3,5,12,15-16H2,1-2H3,(H,31,32). The summed E-state index contributed by atoms with van der Waals surface area (Å²) in [7, 11) is -3.33. The van der Waals surface area contributed by atoms with E-state index in [2.05, 4.69) is 11.9 Å². The summed E-state index contributed by atoms with van der Waals surface area (Å²) in [4.78, 5) is 30.8. The van der Waals surface area contributed by atoms with Crippen LogP contribution in [-0.4, -0.2) is 53.0 Å². The monoisotopic (exact) mass is 511 g/mol. The van der Waals surface area contributed by atoms with E-state index in [9.17, 15) is 23.1 Å². The third-order valence-corrected chi connectivity index (χ3v) is 7.44. The van der Waals surface area contributed by atoms with E-state index >= 15 is 0 Å². The second-order valence-corrected chi connectivity index (χ2v) is 10.9. The number of carbonyl (C=O) groups is 1. The number of pyridine rings is 2. The Hall–Kier alpha value is -3.66. The third kappa shape index (κ3) is 5.59. The maximum Gasteiger partial charge on any atom is 0.407 e. The van der Waals surface area contributed by atoms with E-state index in [1.54, 1.807) is 30.6 Å². The highest BCUT2D eigenvalue weighted by Crippen LogP contribution is 2.34. The Kier molecular flexibility index (Phi) is 7.44. The van der Waals surface area contributed by atoms with E-state index in [0.717, 1.165) is 30.4 Å². The van der Waals surface area contributed by atoms with Crippen LogP contribution in [0.2, 0.25) is 0 Å². The number of aromatic nitrogens is 2. The van der Waals surface area contributed by atoms with Gasteiger partial charge < -0.3 is 14.7 Å². The van der Waals surface area contributed by atoms with E-state index in [1.165, 1.54) is 27.7 Å². The number of sulfone groups is 1. The summed E-state index contributed by atoms with van der Waals surface area (Å²) in [5, 5.41) is 9.79. The molecule has 1 aliphatic rings. The van der Waals surface area contributed by atoms with Gasteiger partial charge in [-0.2, -0.15) is 0 Å². The molecule has 36 heavy (non-hydrogen) atoms. The normalized spacial score (nSPS) is 18.1. The van der Waals surface area contributed by atoms with Crippen LogP contribution in [0.4, 0.5) is 4.79 Å². The zero-order valence-corrected chi connectivity index (χ0v) is 21.0. The number of hydrogen-bond acceptors (Lipinski definition) is 6. The zero-order valence-electron chi connectivity index (χ0n) is 20.2. The molecule has 1 amide bonds. The van der Waals surface area contributed by atoms with Crippen molar-refractivity contribution in [3.63, 3.8) is 0 Å². The molecule has 0 aliphatic carbocycles. The van der Waals surface area contributed by atoms with Crippen LogP contribution in [0.1, 0.15) is 43.5 Å². The minimum atomic E-state index is -3.33. The lowest BCUT2D eigenvalue weighted by Crippen LogP contribution is -2.44. The van der Waals surface area contributed by atoms with Crippen molar-refractivity contribution in [2.75, 3.05) is 12.8 Å². The van der Waals surface area contributed by atoms with Gasteiger partial charge in [0.1, 0.15) is 11.9 Å². The average molecular weight is 512 g/mol. The lowest BCUT2D eigenvalue weighted by Gasteiger charge is -2.38. The van der Waals surface area contributed by atoms with Gasteiger partial charge in [0, 0.05) is 55.5 Å². The molecule has 190 valence electrons. The van der Waals surface area contributed by atoms with Gasteiger partial charge in [-0.1, -0.05) is 19.4 Å². The molecular weight excluding hydrogens is 482 g/mol. The van der Waals surface area contributed by atoms with Crippen LogP contribution in [0.15, 0.2) is 70.6 Å². The van der Waals surface area contributed by atoms with Gasteiger partial charge in [-0.15, -0.1) is 0 Å². The number of likely N-dealkylation sites (tertiary alicyclic amines) is 1. The first-order chi connectivity index (χ1) is 17.2. The number of nitrogens with zero attached hydrogens (tertiary/aromatic N) is 3. The molecule has 4 rings (SSSR count). The molecule has 3 aromatic rings. The van der Waals surface area contributed by atoms with E-state index < -0.39 is 15.9 Å². The fourth-order valence-electron chi connectivity index (χ4n) is 4.56. The van der Waals surface area contributed by atoms with Crippen molar-refractivity contribution in [3.8, 4) is 11.4 Å². The highest BCUT2D eigenvalue weighted by molar-refractivity contribution is 7.90. The zero-order chi connectivity index (χ0) is 25.9. The molecule has 0 radical (unpaired) electrons. The van der Waals surface area contributed by atoms with Crippen LogP contribution in [0.25, 0.3) is 5.69 Å². The number of benzene rings is 1. The van der Waals surface area contributed by atoms with Gasteiger partial charge in [-0.05, 0) is 48.4 Å². The minimum absolute atomic E-state index is 0.178. The maximum absolute atomic E-state index is 12.8. The van der Waals surface area contributed by atoms with Crippen molar-refractivity contribution in [2.24, 2.45) is 0 Å². The summed E-state index contributed by atoms with van der Waals surface area (Å²) in [6.45, 7) is 2.37. The molecule has 1 aliphatic heterocycles. The summed E-state index contributed by atoms with van der Waals surface area (Å²) in [5.41, 5.74) is 2.00. The Morgan fingerprint density at radius 2 is 1.94 bits per heavy atom. The van der Waals surface area contributed by atoms with Gasteiger partial charge in [0.2, 0.25) is 0 Å². The molecule has 2 unspecified atom stereocenters. The van der Waals surface area contributed by atoms with Gasteiger partial charge in [0.05, 0.1) is 10.9 Å². The number of aryl methyl sites for hydroxylation is 1. The first kappa shape index (κ1) is 25.4. The van der Waals surface area contributed by atoms with Crippen LogP contribution in [-0.2, 0) is 16.3 Å². The lowest BCUT2D eigenvalue weighted by molar-refractivity contribution is 0.0534. The molecule has 3 heterocycles. The topological polar surface area (TPSA) is 119 Å². The van der Waals surface area contributed by atoms with Crippen molar-refractivity contribution < 1.29 is 23.1 Å². The van der Waals surface area contributed by atoms with Crippen LogP contribution in [0.3, 0.4) is 0 Å². The highest BCUT2D eigenvalue weighted by Gasteiger charge is 2.35. The number of hydrogen-bond donors (Lipinski definition) is 1. The number of amides is 1. The predicted octanol–water partition coefficient (Wildman–Crippen LogP) is 3.85. The Morgan fingerprint density at radius 3 is 2.58 bits per heavy atom. The van der Waals surface area contributed by atoms with Crippen LogP contribution in [0, 0.1) is 0 Å². The molecule has 1 N–H and O–H groups in total. The van der Waals surface area contributed by atoms with Crippen molar-refractivity contribution >= 4 is 15.9 Å². The molecule has 1 aromatic carbocycles. The van der Waals surface area contributed by atoms with E-state index in [0.29, 0.717) is 30.8 Å². The predicted molar refractivity (Wildman–Crippen MR) is 135 cm³/mol. The Labute approximate surface area is 209 Å². The number of ether oxygens (including phenoxy) is 1. The van der Waals surface area contributed by atoms with Gasteiger partial charge in [0.15, 0.2) is 9.84 Å². The van der Waals surface area contributed by atoms with E-state index in [1.807, 2.05) is 12.1 Å². The van der Waals surface area contributed by atoms with Crippen LogP contribution >= 0.6 is 0 Å². The first-order valence-corrected chi connectivity index (χ1v) is 13.7. The van der Waals surface area contributed by atoms with Crippen molar-refractivity contribution in [1.29, 1.82) is 0 Å². The van der Waals surface area contributed by atoms with Gasteiger partial charge in [0.25, 0.3) is 5.56 Å². The largest absolute Gasteiger partial charge is 0.490 e. The quantitative estimate of drug-likeness (QED) is 0.512. The molecule has 9 nitrogen and oxygen atoms in total. The number of piperidine rings is 1. The van der Waals surface area contributed by atoms with Crippen LogP contribution < -0.4 is 10.3 Å². The van der Waals surface area contributed by atoms with Gasteiger partial charge >= 0.3 is 6.09 Å². The number of rotatable bonds is 7. The molecular formula is C26H29N3O6S. The van der Waals surface area contributed by atoms with Crippen molar-refractivity contribution in [1.82, 2.24) is 14.5 Å². The summed E-state index contributed by atoms with van der Waals surface area (Å²) < 4.78 is 30.9. The average Bonchev–Trinajstić information content (AvgIpc) is 2.84. The molecule has 0 saturated carbocycles.